The Labute approximate surface area is 282 Å². The van der Waals surface area contributed by atoms with E-state index in [0.29, 0.717) is 22.7 Å². The predicted octanol–water partition coefficient (Wildman–Crippen LogP) is 5.51. The lowest BCUT2D eigenvalue weighted by molar-refractivity contribution is -0.156. The summed E-state index contributed by atoms with van der Waals surface area (Å²) in [4.78, 5) is 40.8. The van der Waals surface area contributed by atoms with Crippen molar-refractivity contribution in [2.45, 2.75) is 34.6 Å². The van der Waals surface area contributed by atoms with Crippen molar-refractivity contribution in [1.82, 2.24) is 0 Å². The van der Waals surface area contributed by atoms with E-state index in [9.17, 15) is 19.2 Å². The molecule has 0 heterocycles. The molecule has 0 bridgehead atoms. The number of rotatable bonds is 3. The molecular weight excluding hydrogens is 645 g/mol. The number of ketones is 1. The van der Waals surface area contributed by atoms with Gasteiger partial charge in [0.15, 0.2) is 5.78 Å². The van der Waals surface area contributed by atoms with E-state index in [-0.39, 0.29) is 33.6 Å². The standard InChI is InChI=1S/2C8H9NO2.C8H8O2.C6H6O.C4H6O3.FH.H3NO/c1-6(10)9-7-2-4-8(11)5-3-7;1-6(9-11)7-2-4-8(10)5-3-7;1-6(9)7-2-4-8(10)5-3-7;7-6-4-2-1-3-5-6;1-3(5)7-4(2)6;;1-2/h2-5,11H,1H3,(H,9,10);2-5,10-11H,1H3;2-5,10H,1H3;1-5,7H;1-2H3;1H;2H,1H2/b;9-6-;;;;;. The first-order chi connectivity index (χ1) is 22.6. The zero-order valence-electron chi connectivity index (χ0n) is 27.5. The van der Waals surface area contributed by atoms with Crippen LogP contribution in [0.4, 0.5) is 10.4 Å². The van der Waals surface area contributed by atoms with Crippen molar-refractivity contribution in [3.63, 3.8) is 0 Å². The number of phenolic OH excluding ortho intramolecular Hbond substituents is 4. The number of amides is 1. The van der Waals surface area contributed by atoms with Gasteiger partial charge in [0, 0.05) is 32.0 Å². The van der Waals surface area contributed by atoms with Crippen LogP contribution < -0.4 is 11.2 Å². The van der Waals surface area contributed by atoms with Gasteiger partial charge in [0.1, 0.15) is 23.0 Å². The highest BCUT2D eigenvalue weighted by Gasteiger charge is 1.97. The maximum Gasteiger partial charge on any atom is 0.310 e. The summed E-state index contributed by atoms with van der Waals surface area (Å²) in [7, 11) is 0. The lowest BCUT2D eigenvalue weighted by Crippen LogP contribution is -2.04. The molecule has 0 radical (unpaired) electrons. The summed E-state index contributed by atoms with van der Waals surface area (Å²) >= 11 is 0. The molecular formula is C34H42FN3O11. The molecule has 266 valence electrons. The summed E-state index contributed by atoms with van der Waals surface area (Å²) in [5.41, 5.74) is 2.64. The summed E-state index contributed by atoms with van der Waals surface area (Å²) < 4.78 is 3.97. The van der Waals surface area contributed by atoms with Gasteiger partial charge in [-0.25, -0.2) is 5.90 Å². The summed E-state index contributed by atoms with van der Waals surface area (Å²) in [6.07, 6.45) is 0. The van der Waals surface area contributed by atoms with Gasteiger partial charge in [-0.1, -0.05) is 23.4 Å². The Kier molecular flexibility index (Phi) is 26.9. The molecule has 0 aromatic heterocycles. The van der Waals surface area contributed by atoms with Crippen LogP contribution >= 0.6 is 0 Å². The van der Waals surface area contributed by atoms with Crippen LogP contribution in [0.2, 0.25) is 0 Å². The molecule has 0 unspecified atom stereocenters. The number of phenols is 4. The molecule has 0 saturated heterocycles. The van der Waals surface area contributed by atoms with Crippen molar-refractivity contribution in [2.75, 3.05) is 5.32 Å². The number of ether oxygens (including phenoxy) is 1. The number of para-hydroxylation sites is 1. The number of hydrogen-bond donors (Lipinski definition) is 8. The Bertz CT molecular complexity index is 1520. The number of benzene rings is 4. The summed E-state index contributed by atoms with van der Waals surface area (Å²) in [5.74, 6) is 3.18. The van der Waals surface area contributed by atoms with Gasteiger partial charge in [0.25, 0.3) is 0 Å². The molecule has 4 aromatic rings. The Morgan fingerprint density at radius 1 is 0.571 bits per heavy atom. The minimum absolute atomic E-state index is 0. The number of carbonyl (C=O) groups is 4. The number of nitrogens with two attached hydrogens (primary N) is 1. The molecule has 4 rings (SSSR count). The van der Waals surface area contributed by atoms with Gasteiger partial charge in [-0.05, 0) is 104 Å². The second-order valence-electron chi connectivity index (χ2n) is 8.98. The normalized spacial score (nSPS) is 9.00. The average molecular weight is 688 g/mol. The number of anilines is 1. The Morgan fingerprint density at radius 2 is 0.918 bits per heavy atom. The SMILES string of the molecule is C/C(=N/O)c1ccc(O)cc1.CC(=O)Nc1ccc(O)cc1.CC(=O)OC(C)=O.CC(=O)c1ccc(O)cc1.F.NO.Oc1ccccc1. The van der Waals surface area contributed by atoms with E-state index < -0.39 is 11.9 Å². The smallest absolute Gasteiger partial charge is 0.310 e. The van der Waals surface area contributed by atoms with Gasteiger partial charge in [0.05, 0.1) is 5.71 Å². The first kappa shape index (κ1) is 47.1. The second kappa shape index (κ2) is 27.9. The lowest BCUT2D eigenvalue weighted by atomic mass is 10.1. The van der Waals surface area contributed by atoms with E-state index in [4.69, 9.17) is 30.8 Å². The molecule has 0 aliphatic carbocycles. The molecule has 4 aromatic carbocycles. The van der Waals surface area contributed by atoms with Gasteiger partial charge in [-0.15, -0.1) is 0 Å². The quantitative estimate of drug-likeness (QED) is 0.0252. The fourth-order valence-electron chi connectivity index (χ4n) is 2.83. The van der Waals surface area contributed by atoms with Crippen molar-refractivity contribution in [3.8, 4) is 23.0 Å². The number of halogens is 1. The third-order valence-electron chi connectivity index (χ3n) is 4.94. The second-order valence-corrected chi connectivity index (χ2v) is 8.98. The number of oxime groups is 1. The fraction of sp³-hybridized carbons (Fsp3) is 0.147. The summed E-state index contributed by atoms with van der Waals surface area (Å²) in [6, 6.07) is 27.7. The highest BCUT2D eigenvalue weighted by Crippen LogP contribution is 2.13. The van der Waals surface area contributed by atoms with Crippen LogP contribution in [-0.4, -0.2) is 60.2 Å². The van der Waals surface area contributed by atoms with Crippen molar-refractivity contribution in [2.24, 2.45) is 11.1 Å². The first-order valence-corrected chi connectivity index (χ1v) is 13.7. The topological polar surface area (TPSA) is 249 Å². The maximum absolute atomic E-state index is 10.7. The average Bonchev–Trinajstić information content (AvgIpc) is 3.04. The monoisotopic (exact) mass is 687 g/mol. The molecule has 49 heavy (non-hydrogen) atoms. The van der Waals surface area contributed by atoms with Crippen LogP contribution in [0.1, 0.15) is 50.5 Å². The van der Waals surface area contributed by atoms with E-state index in [2.05, 4.69) is 21.1 Å². The zero-order chi connectivity index (χ0) is 37.1. The number of hydrogen-bond acceptors (Lipinski definition) is 13. The third-order valence-corrected chi connectivity index (χ3v) is 4.94. The van der Waals surface area contributed by atoms with Crippen LogP contribution in [0.15, 0.2) is 108 Å². The van der Waals surface area contributed by atoms with Gasteiger partial charge >= 0.3 is 11.9 Å². The Hall–Kier alpha value is -6.32. The number of aromatic hydroxyl groups is 4. The highest BCUT2D eigenvalue weighted by molar-refractivity contribution is 5.98. The van der Waals surface area contributed by atoms with Gasteiger partial charge in [-0.2, -0.15) is 0 Å². The van der Waals surface area contributed by atoms with Crippen LogP contribution in [0.3, 0.4) is 0 Å². The third kappa shape index (κ3) is 26.6. The van der Waals surface area contributed by atoms with Crippen molar-refractivity contribution >= 4 is 35.0 Å². The van der Waals surface area contributed by atoms with Crippen molar-refractivity contribution in [1.29, 1.82) is 0 Å². The fourth-order valence-corrected chi connectivity index (χ4v) is 2.83. The molecule has 0 aliphatic heterocycles. The summed E-state index contributed by atoms with van der Waals surface area (Å²) in [6.45, 7) is 6.98. The van der Waals surface area contributed by atoms with Crippen LogP contribution in [0, 0.1) is 0 Å². The number of nitrogens with one attached hydrogen (secondary N) is 1. The zero-order valence-corrected chi connectivity index (χ0v) is 27.5. The maximum atomic E-state index is 10.7. The van der Waals surface area contributed by atoms with E-state index >= 15 is 0 Å². The van der Waals surface area contributed by atoms with E-state index in [1.165, 1.54) is 52.0 Å². The molecule has 0 aliphatic rings. The van der Waals surface area contributed by atoms with Crippen molar-refractivity contribution < 1.29 is 59.5 Å². The van der Waals surface area contributed by atoms with E-state index in [0.717, 1.165) is 5.56 Å². The molecule has 0 fully saturated rings. The minimum Gasteiger partial charge on any atom is -0.508 e. The molecule has 0 saturated carbocycles. The Balaban J connectivity index is -0.000000536. The van der Waals surface area contributed by atoms with Gasteiger partial charge < -0.3 is 40.9 Å². The van der Waals surface area contributed by atoms with Gasteiger partial charge in [-0.3, -0.25) is 23.9 Å². The van der Waals surface area contributed by atoms with Crippen LogP contribution in [0.5, 0.6) is 23.0 Å². The molecule has 9 N–H and O–H groups in total. The van der Waals surface area contributed by atoms with E-state index in [1.807, 2.05) is 6.07 Å². The minimum atomic E-state index is -0.562. The molecule has 0 spiro atoms. The number of nitrogens with zero attached hydrogens (tertiary/aromatic N) is 1. The van der Waals surface area contributed by atoms with Crippen LogP contribution in [0.25, 0.3) is 0 Å². The Morgan fingerprint density at radius 3 is 1.18 bits per heavy atom. The number of carbonyl (C=O) groups excluding carboxylic acids is 4. The largest absolute Gasteiger partial charge is 0.508 e. The van der Waals surface area contributed by atoms with Crippen molar-refractivity contribution in [3.05, 3.63) is 114 Å². The summed E-state index contributed by atoms with van der Waals surface area (Å²) in [5, 5.41) is 55.7. The number of esters is 2. The predicted molar refractivity (Wildman–Crippen MR) is 182 cm³/mol. The lowest BCUT2D eigenvalue weighted by Gasteiger charge is -1.99. The highest BCUT2D eigenvalue weighted by atomic mass is 19.0. The molecule has 0 atom stereocenters. The molecule has 14 nitrogen and oxygen atoms in total. The van der Waals surface area contributed by atoms with Crippen LogP contribution in [-0.2, 0) is 19.1 Å². The first-order valence-electron chi connectivity index (χ1n) is 13.7. The molecule has 15 heteroatoms. The van der Waals surface area contributed by atoms with E-state index in [1.54, 1.807) is 79.7 Å². The number of Topliss-reactive ketones (excluding diaryl/α,β-unsaturated/α-hetero) is 1. The van der Waals surface area contributed by atoms with Gasteiger partial charge in [0.2, 0.25) is 5.91 Å². The molecule has 1 amide bonds.